The van der Waals surface area contributed by atoms with E-state index in [-0.39, 0.29) is 29.7 Å². The third-order valence-corrected chi connectivity index (χ3v) is 8.03. The predicted molar refractivity (Wildman–Crippen MR) is 150 cm³/mol. The molecule has 0 radical (unpaired) electrons. The van der Waals surface area contributed by atoms with Crippen LogP contribution < -0.4 is 15.5 Å². The minimum Gasteiger partial charge on any atom is -0.446 e. The summed E-state index contributed by atoms with van der Waals surface area (Å²) in [6.45, 7) is 5.30. The second-order valence-electron chi connectivity index (χ2n) is 11.2. The molecule has 0 unspecified atom stereocenters. The van der Waals surface area contributed by atoms with Crippen molar-refractivity contribution in [2.45, 2.75) is 51.8 Å². The lowest BCUT2D eigenvalue weighted by Gasteiger charge is -2.31. The van der Waals surface area contributed by atoms with Crippen molar-refractivity contribution in [1.82, 2.24) is 20.0 Å². The summed E-state index contributed by atoms with van der Waals surface area (Å²) < 4.78 is 22.4. The first-order valence-corrected chi connectivity index (χ1v) is 14.0. The third kappa shape index (κ3) is 5.67. The Morgan fingerprint density at radius 3 is 2.67 bits per heavy atom. The molecule has 3 heterocycles. The Morgan fingerprint density at radius 1 is 1.12 bits per heavy atom. The summed E-state index contributed by atoms with van der Waals surface area (Å²) in [5.74, 6) is 0.784. The molecule has 1 saturated carbocycles. The van der Waals surface area contributed by atoms with Gasteiger partial charge in [-0.2, -0.15) is 5.10 Å². The SMILES string of the molecule is Cc1ccc2c(c1)Nc1c(cnn1C)CN2C(=O)c1ccc(CNC(=O)OC2CCN(CC3CC3)CC2)c(F)c1. The van der Waals surface area contributed by atoms with E-state index in [0.717, 1.165) is 61.0 Å². The summed E-state index contributed by atoms with van der Waals surface area (Å²) in [5.41, 5.74) is 3.91. The van der Waals surface area contributed by atoms with Gasteiger partial charge in [0.1, 0.15) is 17.7 Å². The van der Waals surface area contributed by atoms with E-state index in [4.69, 9.17) is 4.74 Å². The van der Waals surface area contributed by atoms with E-state index in [1.807, 2.05) is 32.2 Å². The number of aryl methyl sites for hydroxylation is 2. The smallest absolute Gasteiger partial charge is 0.407 e. The monoisotopic (exact) mass is 546 g/mol. The Kier molecular flexibility index (Phi) is 7.18. The normalized spacial score (nSPS) is 17.4. The average molecular weight is 547 g/mol. The fourth-order valence-corrected chi connectivity index (χ4v) is 5.52. The van der Waals surface area contributed by atoms with Crippen molar-refractivity contribution in [2.75, 3.05) is 29.9 Å². The molecule has 1 aromatic heterocycles. The molecule has 0 bridgehead atoms. The fraction of sp³-hybridized carbons (Fsp3) is 0.433. The highest BCUT2D eigenvalue weighted by Crippen LogP contribution is 2.37. The third-order valence-electron chi connectivity index (χ3n) is 8.03. The van der Waals surface area contributed by atoms with Crippen LogP contribution in [0.5, 0.6) is 0 Å². The standard InChI is InChI=1S/C30H35FN6O3/c1-19-3-8-27-26(13-19)34-28-23(16-33-35(28)2)18-37(27)29(38)21-6-7-22(25(31)14-21)15-32-30(39)40-24-9-11-36(12-10-24)17-20-4-5-20/h3,6-8,13-14,16,20,24,34H,4-5,9-12,15,17-18H2,1-2H3,(H,32,39). The minimum atomic E-state index is -0.557. The van der Waals surface area contributed by atoms with Crippen LogP contribution in [0.3, 0.4) is 0 Å². The van der Waals surface area contributed by atoms with E-state index in [9.17, 15) is 9.59 Å². The Bertz CT molecular complexity index is 1430. The molecule has 2 amide bonds. The van der Waals surface area contributed by atoms with Crippen molar-refractivity contribution in [2.24, 2.45) is 13.0 Å². The number of benzene rings is 2. The summed E-state index contributed by atoms with van der Waals surface area (Å²) in [6.07, 6.45) is 5.38. The summed E-state index contributed by atoms with van der Waals surface area (Å²) in [4.78, 5) is 30.1. The van der Waals surface area contributed by atoms with Gasteiger partial charge in [-0.15, -0.1) is 0 Å². The van der Waals surface area contributed by atoms with Gasteiger partial charge in [-0.25, -0.2) is 9.18 Å². The van der Waals surface area contributed by atoms with Crippen molar-refractivity contribution >= 4 is 29.2 Å². The lowest BCUT2D eigenvalue weighted by atomic mass is 10.1. The van der Waals surface area contributed by atoms with Crippen LogP contribution in [-0.2, 0) is 24.9 Å². The maximum atomic E-state index is 15.1. The quantitative estimate of drug-likeness (QED) is 0.458. The number of halogens is 1. The summed E-state index contributed by atoms with van der Waals surface area (Å²) in [7, 11) is 1.84. The maximum Gasteiger partial charge on any atom is 0.407 e. The molecule has 0 spiro atoms. The number of likely N-dealkylation sites (tertiary alicyclic amines) is 1. The molecule has 9 nitrogen and oxygen atoms in total. The van der Waals surface area contributed by atoms with Gasteiger partial charge in [0.15, 0.2) is 0 Å². The number of alkyl carbamates (subject to hydrolysis) is 1. The molecule has 2 fully saturated rings. The van der Waals surface area contributed by atoms with Gasteiger partial charge in [0, 0.05) is 49.9 Å². The molecule has 6 rings (SSSR count). The number of hydrogen-bond acceptors (Lipinski definition) is 6. The zero-order valence-corrected chi connectivity index (χ0v) is 23.0. The number of carbonyl (C=O) groups excluding carboxylic acids is 2. The molecule has 1 saturated heterocycles. The van der Waals surface area contributed by atoms with Crippen molar-refractivity contribution < 1.29 is 18.7 Å². The molecule has 3 aliphatic rings. The lowest BCUT2D eigenvalue weighted by molar-refractivity contribution is 0.0493. The molecule has 0 atom stereocenters. The molecular weight excluding hydrogens is 511 g/mol. The van der Waals surface area contributed by atoms with E-state index in [2.05, 4.69) is 20.6 Å². The number of anilines is 3. The van der Waals surface area contributed by atoms with Gasteiger partial charge in [-0.05, 0) is 68.4 Å². The summed E-state index contributed by atoms with van der Waals surface area (Å²) in [6, 6.07) is 10.2. The van der Waals surface area contributed by atoms with Crippen LogP contribution in [0, 0.1) is 18.7 Å². The molecule has 3 aromatic rings. The van der Waals surface area contributed by atoms with Crippen LogP contribution in [0.1, 0.15) is 52.7 Å². The van der Waals surface area contributed by atoms with E-state index >= 15 is 4.39 Å². The van der Waals surface area contributed by atoms with Gasteiger partial charge in [-0.1, -0.05) is 12.1 Å². The van der Waals surface area contributed by atoms with Crippen LogP contribution in [0.15, 0.2) is 42.6 Å². The molecule has 2 N–H and O–H groups in total. The van der Waals surface area contributed by atoms with Crippen molar-refractivity contribution in [1.29, 1.82) is 0 Å². The Labute approximate surface area is 233 Å². The number of fused-ring (bicyclic) bond motifs is 2. The highest BCUT2D eigenvalue weighted by molar-refractivity contribution is 6.08. The Balaban J connectivity index is 1.09. The number of aromatic nitrogens is 2. The van der Waals surface area contributed by atoms with Crippen LogP contribution in [-0.4, -0.2) is 52.4 Å². The van der Waals surface area contributed by atoms with Crippen LogP contribution in [0.25, 0.3) is 0 Å². The summed E-state index contributed by atoms with van der Waals surface area (Å²) >= 11 is 0. The molecular formula is C30H35FN6O3. The topological polar surface area (TPSA) is 91.7 Å². The predicted octanol–water partition coefficient (Wildman–Crippen LogP) is 4.87. The number of rotatable bonds is 6. The first-order valence-electron chi connectivity index (χ1n) is 14.0. The molecule has 1 aliphatic carbocycles. The second-order valence-corrected chi connectivity index (χ2v) is 11.2. The average Bonchev–Trinajstić information content (AvgIpc) is 3.72. The second kappa shape index (κ2) is 10.9. The number of nitrogens with one attached hydrogen (secondary N) is 2. The van der Waals surface area contributed by atoms with Crippen LogP contribution >= 0.6 is 0 Å². The number of carbonyl (C=O) groups is 2. The molecule has 210 valence electrons. The van der Waals surface area contributed by atoms with Gasteiger partial charge >= 0.3 is 6.09 Å². The maximum absolute atomic E-state index is 15.1. The molecule has 2 aromatic carbocycles. The first-order chi connectivity index (χ1) is 19.3. The van der Waals surface area contributed by atoms with Gasteiger partial charge in [0.05, 0.1) is 24.1 Å². The number of piperidine rings is 1. The van der Waals surface area contributed by atoms with Crippen LogP contribution in [0.2, 0.25) is 0 Å². The Morgan fingerprint density at radius 2 is 1.93 bits per heavy atom. The molecule has 2 aliphatic heterocycles. The fourth-order valence-electron chi connectivity index (χ4n) is 5.52. The minimum absolute atomic E-state index is 0.0194. The lowest BCUT2D eigenvalue weighted by Crippen LogP contribution is -2.40. The van der Waals surface area contributed by atoms with Gasteiger partial charge in [0.25, 0.3) is 5.91 Å². The number of nitrogens with zero attached hydrogens (tertiary/aromatic N) is 4. The highest BCUT2D eigenvalue weighted by atomic mass is 19.1. The molecule has 10 heteroatoms. The van der Waals surface area contributed by atoms with Gasteiger partial charge in [0.2, 0.25) is 0 Å². The van der Waals surface area contributed by atoms with Crippen LogP contribution in [0.4, 0.5) is 26.4 Å². The van der Waals surface area contributed by atoms with E-state index < -0.39 is 11.9 Å². The first kappa shape index (κ1) is 26.3. The Hall–Kier alpha value is -3.92. The zero-order chi connectivity index (χ0) is 27.8. The van der Waals surface area contributed by atoms with Gasteiger partial charge < -0.3 is 25.2 Å². The number of ether oxygens (including phenoxy) is 1. The van der Waals surface area contributed by atoms with Crippen molar-refractivity contribution in [3.63, 3.8) is 0 Å². The number of amides is 2. The molecule has 40 heavy (non-hydrogen) atoms. The zero-order valence-electron chi connectivity index (χ0n) is 23.0. The number of hydrogen-bond donors (Lipinski definition) is 2. The van der Waals surface area contributed by atoms with E-state index in [1.165, 1.54) is 18.9 Å². The van der Waals surface area contributed by atoms with E-state index in [0.29, 0.717) is 12.2 Å². The van der Waals surface area contributed by atoms with Gasteiger partial charge in [-0.3, -0.25) is 9.48 Å². The summed E-state index contributed by atoms with van der Waals surface area (Å²) in [5, 5.41) is 10.4. The van der Waals surface area contributed by atoms with E-state index in [1.54, 1.807) is 27.9 Å². The van der Waals surface area contributed by atoms with Crippen molar-refractivity contribution in [3.8, 4) is 0 Å². The largest absolute Gasteiger partial charge is 0.446 e. The highest BCUT2D eigenvalue weighted by Gasteiger charge is 2.29. The van der Waals surface area contributed by atoms with Crippen molar-refractivity contribution in [3.05, 3.63) is 70.7 Å².